The highest BCUT2D eigenvalue weighted by Crippen LogP contribution is 2.22. The van der Waals surface area contributed by atoms with Crippen LogP contribution >= 0.6 is 23.4 Å². The lowest BCUT2D eigenvalue weighted by Crippen LogP contribution is -2.34. The summed E-state index contributed by atoms with van der Waals surface area (Å²) in [7, 11) is 0. The molecule has 0 saturated carbocycles. The number of hydrogen-bond donors (Lipinski definition) is 3. The number of aliphatic hydroxyl groups excluding tert-OH is 1. The Balaban J connectivity index is 2.45. The summed E-state index contributed by atoms with van der Waals surface area (Å²) in [4.78, 5) is 13.0. The van der Waals surface area contributed by atoms with Gasteiger partial charge in [-0.2, -0.15) is 0 Å². The lowest BCUT2D eigenvalue weighted by Gasteiger charge is -2.09. The summed E-state index contributed by atoms with van der Waals surface area (Å²) in [5.74, 6) is -0.181. The number of hydrogen-bond acceptors (Lipinski definition) is 4. The molecule has 19 heavy (non-hydrogen) atoms. The van der Waals surface area contributed by atoms with Gasteiger partial charge in [0.1, 0.15) is 0 Å². The van der Waals surface area contributed by atoms with Crippen LogP contribution in [-0.4, -0.2) is 43.0 Å². The minimum absolute atomic E-state index is 0.181. The van der Waals surface area contributed by atoms with Crippen LogP contribution in [0.15, 0.2) is 23.1 Å². The molecule has 0 spiro atoms. The number of thioether (sulfide) groups is 1. The van der Waals surface area contributed by atoms with Crippen LogP contribution in [0.3, 0.4) is 0 Å². The van der Waals surface area contributed by atoms with Crippen molar-refractivity contribution in [2.75, 3.05) is 25.9 Å². The Labute approximate surface area is 122 Å². The Morgan fingerprint density at radius 1 is 1.47 bits per heavy atom. The number of amides is 1. The summed E-state index contributed by atoms with van der Waals surface area (Å²) in [6.45, 7) is 3.32. The third-order valence-electron chi connectivity index (χ3n) is 2.45. The number of carbonyl (C=O) groups is 1. The van der Waals surface area contributed by atoms with E-state index in [9.17, 15) is 4.79 Å². The Hall–Kier alpha value is -0.750. The van der Waals surface area contributed by atoms with Gasteiger partial charge in [0.05, 0.1) is 16.7 Å². The average molecular weight is 303 g/mol. The van der Waals surface area contributed by atoms with Crippen LogP contribution < -0.4 is 10.6 Å². The van der Waals surface area contributed by atoms with E-state index in [1.807, 2.05) is 12.3 Å². The zero-order valence-corrected chi connectivity index (χ0v) is 12.6. The fraction of sp³-hybridized carbons (Fsp3) is 0.462. The molecule has 1 rings (SSSR count). The minimum atomic E-state index is -0.386. The molecule has 6 heteroatoms. The molecule has 0 radical (unpaired) electrons. The first-order chi connectivity index (χ1) is 9.04. The Kier molecular flexibility index (Phi) is 7.23. The number of rotatable bonds is 7. The Bertz CT molecular complexity index is 427. The third kappa shape index (κ3) is 5.82. The van der Waals surface area contributed by atoms with E-state index in [0.29, 0.717) is 30.2 Å². The fourth-order valence-corrected chi connectivity index (χ4v) is 2.12. The summed E-state index contributed by atoms with van der Waals surface area (Å²) in [6, 6.07) is 5.40. The van der Waals surface area contributed by atoms with Gasteiger partial charge < -0.3 is 15.7 Å². The van der Waals surface area contributed by atoms with Gasteiger partial charge in [-0.3, -0.25) is 4.79 Å². The molecule has 1 aromatic carbocycles. The second-order valence-corrected chi connectivity index (χ2v) is 5.44. The van der Waals surface area contributed by atoms with Crippen LogP contribution in [0.4, 0.5) is 0 Å². The van der Waals surface area contributed by atoms with E-state index in [1.165, 1.54) is 0 Å². The SMILES string of the molecule is CSc1ccc(Cl)c(C(=O)NCCNCC(C)O)c1. The second kappa shape index (κ2) is 8.43. The van der Waals surface area contributed by atoms with Crippen molar-refractivity contribution in [3.63, 3.8) is 0 Å². The highest BCUT2D eigenvalue weighted by molar-refractivity contribution is 7.98. The second-order valence-electron chi connectivity index (χ2n) is 4.15. The van der Waals surface area contributed by atoms with E-state index in [-0.39, 0.29) is 12.0 Å². The molecule has 4 nitrogen and oxygen atoms in total. The molecule has 0 aliphatic heterocycles. The molecule has 1 amide bonds. The van der Waals surface area contributed by atoms with Gasteiger partial charge in [-0.1, -0.05) is 11.6 Å². The molecular formula is C13H19ClN2O2S. The van der Waals surface area contributed by atoms with Crippen LogP contribution in [0.1, 0.15) is 17.3 Å². The molecule has 0 aromatic heterocycles. The van der Waals surface area contributed by atoms with Gasteiger partial charge in [-0.05, 0) is 31.4 Å². The van der Waals surface area contributed by atoms with Crippen LogP contribution in [-0.2, 0) is 0 Å². The summed E-state index contributed by atoms with van der Waals surface area (Å²) < 4.78 is 0. The van der Waals surface area contributed by atoms with Crippen LogP contribution in [0.2, 0.25) is 5.02 Å². The van der Waals surface area contributed by atoms with Gasteiger partial charge >= 0.3 is 0 Å². The monoisotopic (exact) mass is 302 g/mol. The van der Waals surface area contributed by atoms with Crippen LogP contribution in [0, 0.1) is 0 Å². The molecule has 0 aliphatic carbocycles. The number of nitrogens with one attached hydrogen (secondary N) is 2. The van der Waals surface area contributed by atoms with Crippen molar-refractivity contribution >= 4 is 29.3 Å². The molecule has 1 aromatic rings. The quantitative estimate of drug-likeness (QED) is 0.530. The van der Waals surface area contributed by atoms with Gasteiger partial charge in [0, 0.05) is 24.5 Å². The zero-order valence-electron chi connectivity index (χ0n) is 11.1. The number of halogens is 1. The first-order valence-electron chi connectivity index (χ1n) is 6.05. The number of carbonyl (C=O) groups excluding carboxylic acids is 1. The maximum atomic E-state index is 11.9. The summed E-state index contributed by atoms with van der Waals surface area (Å²) in [5.41, 5.74) is 0.490. The lowest BCUT2D eigenvalue weighted by atomic mass is 10.2. The highest BCUT2D eigenvalue weighted by atomic mass is 35.5. The van der Waals surface area contributed by atoms with E-state index >= 15 is 0 Å². The molecular weight excluding hydrogens is 284 g/mol. The van der Waals surface area contributed by atoms with E-state index in [1.54, 1.807) is 30.8 Å². The first-order valence-corrected chi connectivity index (χ1v) is 7.65. The highest BCUT2D eigenvalue weighted by Gasteiger charge is 2.10. The van der Waals surface area contributed by atoms with Gasteiger partial charge in [0.25, 0.3) is 5.91 Å². The summed E-state index contributed by atoms with van der Waals surface area (Å²) in [5, 5.41) is 15.3. The van der Waals surface area contributed by atoms with Gasteiger partial charge in [0.15, 0.2) is 0 Å². The predicted octanol–water partition coefficient (Wildman–Crippen LogP) is 1.76. The van der Waals surface area contributed by atoms with Crippen molar-refractivity contribution < 1.29 is 9.90 Å². The molecule has 0 bridgehead atoms. The van der Waals surface area contributed by atoms with Gasteiger partial charge in [0.2, 0.25) is 0 Å². The number of aliphatic hydroxyl groups is 1. The lowest BCUT2D eigenvalue weighted by molar-refractivity contribution is 0.0953. The van der Waals surface area contributed by atoms with E-state index in [0.717, 1.165) is 4.90 Å². The average Bonchev–Trinajstić information content (AvgIpc) is 2.38. The first kappa shape index (κ1) is 16.3. The van der Waals surface area contributed by atoms with Crippen LogP contribution in [0.5, 0.6) is 0 Å². The van der Waals surface area contributed by atoms with Gasteiger partial charge in [-0.25, -0.2) is 0 Å². The van der Waals surface area contributed by atoms with E-state index < -0.39 is 0 Å². The Morgan fingerprint density at radius 2 is 2.21 bits per heavy atom. The molecule has 3 N–H and O–H groups in total. The maximum absolute atomic E-state index is 11.9. The van der Waals surface area contributed by atoms with Crippen molar-refractivity contribution in [2.45, 2.75) is 17.9 Å². The molecule has 0 saturated heterocycles. The van der Waals surface area contributed by atoms with Crippen molar-refractivity contribution in [1.82, 2.24) is 10.6 Å². The zero-order chi connectivity index (χ0) is 14.3. The largest absolute Gasteiger partial charge is 0.392 e. The van der Waals surface area contributed by atoms with Gasteiger partial charge in [-0.15, -0.1) is 11.8 Å². The molecule has 106 valence electrons. The van der Waals surface area contributed by atoms with E-state index in [4.69, 9.17) is 16.7 Å². The molecule has 0 heterocycles. The maximum Gasteiger partial charge on any atom is 0.252 e. The third-order valence-corrected chi connectivity index (χ3v) is 3.50. The van der Waals surface area contributed by atoms with Crippen molar-refractivity contribution in [1.29, 1.82) is 0 Å². The molecule has 1 atom stereocenters. The molecule has 0 aliphatic rings. The normalized spacial score (nSPS) is 12.2. The smallest absolute Gasteiger partial charge is 0.252 e. The molecule has 1 unspecified atom stereocenters. The topological polar surface area (TPSA) is 61.4 Å². The van der Waals surface area contributed by atoms with Crippen molar-refractivity contribution in [3.05, 3.63) is 28.8 Å². The van der Waals surface area contributed by atoms with Crippen molar-refractivity contribution in [2.24, 2.45) is 0 Å². The summed E-state index contributed by atoms with van der Waals surface area (Å²) in [6.07, 6.45) is 1.56. The van der Waals surface area contributed by atoms with Crippen molar-refractivity contribution in [3.8, 4) is 0 Å². The van der Waals surface area contributed by atoms with Crippen LogP contribution in [0.25, 0.3) is 0 Å². The minimum Gasteiger partial charge on any atom is -0.392 e. The summed E-state index contributed by atoms with van der Waals surface area (Å²) >= 11 is 7.58. The van der Waals surface area contributed by atoms with E-state index in [2.05, 4.69) is 10.6 Å². The Morgan fingerprint density at radius 3 is 2.84 bits per heavy atom. The molecule has 0 fully saturated rings. The standard InChI is InChI=1S/C13H19ClN2O2S/c1-9(17)8-15-5-6-16-13(18)11-7-10(19-2)3-4-12(11)14/h3-4,7,9,15,17H,5-6,8H2,1-2H3,(H,16,18). The predicted molar refractivity (Wildman–Crippen MR) is 80.1 cm³/mol. The number of benzene rings is 1. The fourth-order valence-electron chi connectivity index (χ4n) is 1.48.